The Hall–Kier alpha value is -2.24. The zero-order chi connectivity index (χ0) is 19.4. The van der Waals surface area contributed by atoms with E-state index in [1.54, 1.807) is 0 Å². The van der Waals surface area contributed by atoms with Gasteiger partial charge in [-0.05, 0) is 47.6 Å². The number of rotatable bonds is 4. The predicted molar refractivity (Wildman–Crippen MR) is 106 cm³/mol. The third-order valence-corrected chi connectivity index (χ3v) is 3.93. The van der Waals surface area contributed by atoms with Crippen LogP contribution >= 0.6 is 0 Å². The summed E-state index contributed by atoms with van der Waals surface area (Å²) >= 11 is 0. The molecule has 26 heavy (non-hydrogen) atoms. The van der Waals surface area contributed by atoms with E-state index in [1.807, 2.05) is 45.9 Å². The van der Waals surface area contributed by atoms with Gasteiger partial charge in [-0.25, -0.2) is 4.99 Å². The SMILES string of the molecule is CCNC(=NCC(=O)NC(C)(C)C)NC1CC(C)(C)Oc2ccccc21. The average molecular weight is 361 g/mol. The Labute approximate surface area is 156 Å². The van der Waals surface area contributed by atoms with Gasteiger partial charge in [0.25, 0.3) is 0 Å². The van der Waals surface area contributed by atoms with Crippen LogP contribution in [0.3, 0.4) is 0 Å². The van der Waals surface area contributed by atoms with Gasteiger partial charge in [0.1, 0.15) is 17.9 Å². The van der Waals surface area contributed by atoms with Gasteiger partial charge in [0.2, 0.25) is 5.91 Å². The minimum atomic E-state index is -0.271. The van der Waals surface area contributed by atoms with Crippen molar-refractivity contribution in [3.63, 3.8) is 0 Å². The maximum Gasteiger partial charge on any atom is 0.242 e. The number of amides is 1. The molecule has 0 fully saturated rings. The van der Waals surface area contributed by atoms with Gasteiger partial charge in [-0.3, -0.25) is 4.79 Å². The molecule has 1 heterocycles. The Morgan fingerprint density at radius 1 is 1.31 bits per heavy atom. The zero-order valence-electron chi connectivity index (χ0n) is 16.8. The number of ether oxygens (including phenoxy) is 1. The largest absolute Gasteiger partial charge is 0.487 e. The molecule has 0 saturated carbocycles. The molecule has 1 amide bonds. The molecule has 1 unspecified atom stereocenters. The fourth-order valence-corrected chi connectivity index (χ4v) is 3.02. The molecule has 6 heteroatoms. The number of guanidine groups is 1. The topological polar surface area (TPSA) is 74.8 Å². The minimum absolute atomic E-state index is 0.0680. The number of hydrogen-bond donors (Lipinski definition) is 3. The molecule has 0 spiro atoms. The second-order valence-electron chi connectivity index (χ2n) is 8.29. The van der Waals surface area contributed by atoms with E-state index < -0.39 is 0 Å². The maximum absolute atomic E-state index is 12.1. The van der Waals surface area contributed by atoms with E-state index in [0.29, 0.717) is 5.96 Å². The van der Waals surface area contributed by atoms with E-state index in [9.17, 15) is 4.79 Å². The summed E-state index contributed by atoms with van der Waals surface area (Å²) in [5.74, 6) is 1.43. The molecule has 1 aliphatic heterocycles. The normalized spacial score (nSPS) is 19.2. The summed E-state index contributed by atoms with van der Waals surface area (Å²) in [7, 11) is 0. The number of carbonyl (C=O) groups is 1. The molecule has 2 rings (SSSR count). The Kier molecular flexibility index (Phi) is 6.16. The van der Waals surface area contributed by atoms with E-state index in [1.165, 1.54) is 0 Å². The molecule has 0 aliphatic carbocycles. The molecular formula is C20H32N4O2. The molecule has 1 aromatic rings. The fourth-order valence-electron chi connectivity index (χ4n) is 3.02. The quantitative estimate of drug-likeness (QED) is 0.570. The van der Waals surface area contributed by atoms with Crippen LogP contribution in [0.5, 0.6) is 5.75 Å². The van der Waals surface area contributed by atoms with Crippen molar-refractivity contribution in [2.45, 2.75) is 65.1 Å². The molecule has 0 aromatic heterocycles. The molecule has 0 bridgehead atoms. The summed E-state index contributed by atoms with van der Waals surface area (Å²) in [4.78, 5) is 16.5. The van der Waals surface area contributed by atoms with E-state index in [-0.39, 0.29) is 29.6 Å². The van der Waals surface area contributed by atoms with E-state index >= 15 is 0 Å². The maximum atomic E-state index is 12.1. The van der Waals surface area contributed by atoms with Gasteiger partial charge in [-0.1, -0.05) is 18.2 Å². The van der Waals surface area contributed by atoms with Crippen molar-refractivity contribution in [2.75, 3.05) is 13.1 Å². The van der Waals surface area contributed by atoms with Crippen molar-refractivity contribution in [2.24, 2.45) is 4.99 Å². The van der Waals surface area contributed by atoms with Crippen LogP contribution in [0.2, 0.25) is 0 Å². The average Bonchev–Trinajstić information content (AvgIpc) is 2.50. The minimum Gasteiger partial charge on any atom is -0.487 e. The molecular weight excluding hydrogens is 328 g/mol. The first-order chi connectivity index (χ1) is 12.1. The van der Waals surface area contributed by atoms with Crippen LogP contribution in [-0.2, 0) is 4.79 Å². The van der Waals surface area contributed by atoms with E-state index in [4.69, 9.17) is 4.74 Å². The van der Waals surface area contributed by atoms with E-state index in [0.717, 1.165) is 24.3 Å². The number of benzene rings is 1. The number of nitrogens with one attached hydrogen (secondary N) is 3. The highest BCUT2D eigenvalue weighted by molar-refractivity contribution is 5.85. The number of carbonyl (C=O) groups excluding carboxylic acids is 1. The molecule has 0 radical (unpaired) electrons. The number of para-hydroxylation sites is 1. The van der Waals surface area contributed by atoms with Crippen LogP contribution < -0.4 is 20.7 Å². The van der Waals surface area contributed by atoms with E-state index in [2.05, 4.69) is 40.9 Å². The highest BCUT2D eigenvalue weighted by Crippen LogP contribution is 2.39. The summed E-state index contributed by atoms with van der Waals surface area (Å²) in [6.45, 7) is 12.9. The van der Waals surface area contributed by atoms with Crippen LogP contribution in [0.25, 0.3) is 0 Å². The summed E-state index contributed by atoms with van der Waals surface area (Å²) in [5.41, 5.74) is 0.575. The van der Waals surface area contributed by atoms with Gasteiger partial charge < -0.3 is 20.7 Å². The summed E-state index contributed by atoms with van der Waals surface area (Å²) < 4.78 is 6.08. The molecule has 1 aromatic carbocycles. The summed E-state index contributed by atoms with van der Waals surface area (Å²) in [6, 6.07) is 8.12. The van der Waals surface area contributed by atoms with Crippen molar-refractivity contribution < 1.29 is 9.53 Å². The van der Waals surface area contributed by atoms with Crippen molar-refractivity contribution in [1.82, 2.24) is 16.0 Å². The van der Waals surface area contributed by atoms with Crippen LogP contribution in [0, 0.1) is 0 Å². The second kappa shape index (κ2) is 7.98. The Morgan fingerprint density at radius 2 is 2.00 bits per heavy atom. The molecule has 0 saturated heterocycles. The zero-order valence-corrected chi connectivity index (χ0v) is 16.8. The van der Waals surface area contributed by atoms with Crippen LogP contribution in [0.1, 0.15) is 59.6 Å². The Balaban J connectivity index is 2.14. The third-order valence-electron chi connectivity index (χ3n) is 3.93. The van der Waals surface area contributed by atoms with Crippen LogP contribution in [-0.4, -0.2) is 36.1 Å². The number of nitrogens with zero attached hydrogens (tertiary/aromatic N) is 1. The molecule has 6 nitrogen and oxygen atoms in total. The Bertz CT molecular complexity index is 662. The van der Waals surface area contributed by atoms with Crippen LogP contribution in [0.4, 0.5) is 0 Å². The summed E-state index contributed by atoms with van der Waals surface area (Å²) in [5, 5.41) is 9.62. The monoisotopic (exact) mass is 360 g/mol. The number of aliphatic imine (C=N–C) groups is 1. The molecule has 3 N–H and O–H groups in total. The first-order valence-corrected chi connectivity index (χ1v) is 9.23. The van der Waals surface area contributed by atoms with Crippen LogP contribution in [0.15, 0.2) is 29.3 Å². The number of fused-ring (bicyclic) bond motifs is 1. The lowest BCUT2D eigenvalue weighted by Gasteiger charge is -2.38. The smallest absolute Gasteiger partial charge is 0.242 e. The highest BCUT2D eigenvalue weighted by atomic mass is 16.5. The van der Waals surface area contributed by atoms with Gasteiger partial charge in [-0.2, -0.15) is 0 Å². The van der Waals surface area contributed by atoms with Gasteiger partial charge in [-0.15, -0.1) is 0 Å². The van der Waals surface area contributed by atoms with Gasteiger partial charge >= 0.3 is 0 Å². The molecule has 144 valence electrons. The Morgan fingerprint density at radius 3 is 2.65 bits per heavy atom. The number of hydrogen-bond acceptors (Lipinski definition) is 3. The van der Waals surface area contributed by atoms with Crippen molar-refractivity contribution in [1.29, 1.82) is 0 Å². The summed E-state index contributed by atoms with van der Waals surface area (Å²) in [6.07, 6.45) is 0.808. The van der Waals surface area contributed by atoms with Gasteiger partial charge in [0.15, 0.2) is 5.96 Å². The highest BCUT2D eigenvalue weighted by Gasteiger charge is 2.34. The first-order valence-electron chi connectivity index (χ1n) is 9.23. The second-order valence-corrected chi connectivity index (χ2v) is 8.29. The third kappa shape index (κ3) is 5.93. The van der Waals surface area contributed by atoms with Crippen molar-refractivity contribution >= 4 is 11.9 Å². The lowest BCUT2D eigenvalue weighted by Crippen LogP contribution is -2.46. The molecule has 1 aliphatic rings. The standard InChI is InChI=1S/C20H32N4O2/c1-7-21-18(22-13-17(25)24-19(2,3)4)23-15-12-20(5,6)26-16-11-9-8-10-14(15)16/h8-11,15H,7,12-13H2,1-6H3,(H,24,25)(H2,21,22,23). The first kappa shape index (κ1) is 20.1. The van der Waals surface area contributed by atoms with Crippen molar-refractivity contribution in [3.8, 4) is 5.75 Å². The lowest BCUT2D eigenvalue weighted by molar-refractivity contribution is -0.121. The van der Waals surface area contributed by atoms with Gasteiger partial charge in [0, 0.05) is 24.1 Å². The molecule has 1 atom stereocenters. The predicted octanol–water partition coefficient (Wildman–Crippen LogP) is 2.76. The lowest BCUT2D eigenvalue weighted by atomic mass is 9.90. The van der Waals surface area contributed by atoms with Crippen molar-refractivity contribution in [3.05, 3.63) is 29.8 Å². The fraction of sp³-hybridized carbons (Fsp3) is 0.600. The van der Waals surface area contributed by atoms with Gasteiger partial charge in [0.05, 0.1) is 6.04 Å².